The van der Waals surface area contributed by atoms with Gasteiger partial charge in [-0.25, -0.2) is 0 Å². The summed E-state index contributed by atoms with van der Waals surface area (Å²) in [5.41, 5.74) is 3.30. The summed E-state index contributed by atoms with van der Waals surface area (Å²) in [4.78, 5) is 28.0. The molecule has 0 amide bonds. The van der Waals surface area contributed by atoms with E-state index in [1.165, 1.54) is 31.8 Å². The van der Waals surface area contributed by atoms with E-state index < -0.39 is 0 Å². The first-order valence-corrected chi connectivity index (χ1v) is 16.4. The van der Waals surface area contributed by atoms with Crippen LogP contribution in [0, 0.1) is 28.6 Å². The van der Waals surface area contributed by atoms with E-state index in [9.17, 15) is 9.59 Å². The van der Waals surface area contributed by atoms with Crippen LogP contribution < -0.4 is 9.47 Å². The molecule has 6 nitrogen and oxygen atoms in total. The number of ether oxygens (including phenoxy) is 3. The molecule has 1 aromatic carbocycles. The number of hydrogen-bond acceptors (Lipinski definition) is 6. The number of piperidine rings is 1. The zero-order valence-electron chi connectivity index (χ0n) is 26.1. The summed E-state index contributed by atoms with van der Waals surface area (Å²) in [5, 5.41) is 0. The van der Waals surface area contributed by atoms with E-state index in [1.807, 2.05) is 12.1 Å². The first-order chi connectivity index (χ1) is 20.2. The molecule has 0 aromatic heterocycles. The minimum absolute atomic E-state index is 0.0123. The smallest absolute Gasteiger partial charge is 0.302 e. The molecule has 3 unspecified atom stereocenters. The second kappa shape index (κ2) is 11.8. The number of ketones is 1. The molecular formula is C36H49NO5. The number of fused-ring (bicyclic) bond motifs is 5. The molecule has 6 heteroatoms. The maximum atomic E-state index is 14.0. The Kier molecular flexibility index (Phi) is 8.30. The van der Waals surface area contributed by atoms with Crippen molar-refractivity contribution in [3.05, 3.63) is 41.0 Å². The van der Waals surface area contributed by atoms with Crippen LogP contribution in [0.4, 0.5) is 0 Å². The van der Waals surface area contributed by atoms with Crippen LogP contribution in [0.1, 0.15) is 90.5 Å². The second-order valence-corrected chi connectivity index (χ2v) is 14.1. The quantitative estimate of drug-likeness (QED) is 0.198. The summed E-state index contributed by atoms with van der Waals surface area (Å²) >= 11 is 0. The lowest BCUT2D eigenvalue weighted by Gasteiger charge is -2.56. The van der Waals surface area contributed by atoms with Crippen molar-refractivity contribution >= 4 is 17.8 Å². The number of hydrogen-bond donors (Lipinski definition) is 0. The zero-order valence-corrected chi connectivity index (χ0v) is 26.1. The van der Waals surface area contributed by atoms with Gasteiger partial charge in [-0.05, 0) is 117 Å². The summed E-state index contributed by atoms with van der Waals surface area (Å²) in [7, 11) is 1.69. The Hall–Kier alpha value is -2.60. The Bertz CT molecular complexity index is 1260. The van der Waals surface area contributed by atoms with E-state index in [0.29, 0.717) is 30.1 Å². The third-order valence-electron chi connectivity index (χ3n) is 11.7. The third kappa shape index (κ3) is 5.44. The highest BCUT2D eigenvalue weighted by atomic mass is 16.5. The summed E-state index contributed by atoms with van der Waals surface area (Å²) in [6.07, 6.45) is 15.3. The molecule has 0 N–H and O–H groups in total. The molecule has 6 atom stereocenters. The van der Waals surface area contributed by atoms with Gasteiger partial charge in [0, 0.05) is 25.3 Å². The first-order valence-electron chi connectivity index (χ1n) is 16.4. The highest BCUT2D eigenvalue weighted by Gasteiger charge is 2.60. The number of rotatable bonds is 7. The van der Waals surface area contributed by atoms with Crippen LogP contribution in [0.3, 0.4) is 0 Å². The van der Waals surface area contributed by atoms with Crippen molar-refractivity contribution in [2.45, 2.75) is 91.1 Å². The lowest BCUT2D eigenvalue weighted by molar-refractivity contribution is -0.148. The lowest BCUT2D eigenvalue weighted by Crippen LogP contribution is -2.50. The van der Waals surface area contributed by atoms with Gasteiger partial charge in [0.2, 0.25) is 0 Å². The lowest BCUT2D eigenvalue weighted by atomic mass is 9.48. The second-order valence-electron chi connectivity index (χ2n) is 14.1. The number of nitrogens with zero attached hydrogens (tertiary/aromatic N) is 1. The third-order valence-corrected chi connectivity index (χ3v) is 11.7. The highest BCUT2D eigenvalue weighted by molar-refractivity contribution is 6.06. The maximum absolute atomic E-state index is 14.0. The number of carbonyl (C=O) groups is 2. The number of methoxy groups -OCH3 is 1. The number of benzene rings is 1. The Morgan fingerprint density at radius 2 is 1.81 bits per heavy atom. The van der Waals surface area contributed by atoms with Gasteiger partial charge in [0.15, 0.2) is 17.3 Å². The average molecular weight is 576 g/mol. The Labute approximate surface area is 251 Å². The van der Waals surface area contributed by atoms with E-state index in [4.69, 9.17) is 14.2 Å². The van der Waals surface area contributed by atoms with Crippen LogP contribution in [0.15, 0.2) is 35.4 Å². The van der Waals surface area contributed by atoms with E-state index in [0.717, 1.165) is 87.2 Å². The molecule has 0 spiro atoms. The maximum Gasteiger partial charge on any atom is 0.302 e. The highest BCUT2D eigenvalue weighted by Crippen LogP contribution is 2.65. The van der Waals surface area contributed by atoms with Gasteiger partial charge in [-0.2, -0.15) is 0 Å². The normalized spacial score (nSPS) is 35.6. The number of carbonyl (C=O) groups excluding carboxylic acids is 2. The van der Waals surface area contributed by atoms with Crippen LogP contribution in [0.5, 0.6) is 11.5 Å². The minimum Gasteiger partial charge on any atom is -0.493 e. The number of esters is 1. The number of allylic oxidation sites excluding steroid dienone is 2. The average Bonchev–Trinajstić information content (AvgIpc) is 3.23. The van der Waals surface area contributed by atoms with Gasteiger partial charge in [-0.3, -0.25) is 14.5 Å². The van der Waals surface area contributed by atoms with E-state index in [1.54, 1.807) is 7.11 Å². The van der Waals surface area contributed by atoms with Crippen molar-refractivity contribution in [1.82, 2.24) is 4.90 Å². The Morgan fingerprint density at radius 1 is 1.02 bits per heavy atom. The summed E-state index contributed by atoms with van der Waals surface area (Å²) in [5.74, 6) is 3.12. The molecule has 42 heavy (non-hydrogen) atoms. The fourth-order valence-electron chi connectivity index (χ4n) is 9.32. The molecular weight excluding hydrogens is 526 g/mol. The molecule has 4 aliphatic carbocycles. The van der Waals surface area contributed by atoms with Gasteiger partial charge < -0.3 is 14.2 Å². The SMILES string of the molecule is COc1cc(/C=C2\CC3C4CC=C5C[C@@H](OC(C)=O)CC[C@]5(C)C4CC[C@]3(C)C2=O)ccc1OCCN1CCCCC1. The van der Waals surface area contributed by atoms with E-state index in [2.05, 4.69) is 37.0 Å². The number of Topliss-reactive ketones (excluding diaryl/α,β-unsaturated/α-hetero) is 1. The van der Waals surface area contributed by atoms with E-state index in [-0.39, 0.29) is 22.9 Å². The van der Waals surface area contributed by atoms with Crippen molar-refractivity contribution in [1.29, 1.82) is 0 Å². The fraction of sp³-hybridized carbons (Fsp3) is 0.667. The molecule has 1 aliphatic heterocycles. The van der Waals surface area contributed by atoms with Crippen LogP contribution >= 0.6 is 0 Å². The fourth-order valence-corrected chi connectivity index (χ4v) is 9.32. The summed E-state index contributed by atoms with van der Waals surface area (Å²) in [6, 6.07) is 6.07. The Balaban J connectivity index is 1.16. The van der Waals surface area contributed by atoms with E-state index >= 15 is 0 Å². The van der Waals surface area contributed by atoms with Crippen LogP contribution in [0.25, 0.3) is 6.08 Å². The Morgan fingerprint density at radius 3 is 2.57 bits per heavy atom. The topological polar surface area (TPSA) is 65.1 Å². The van der Waals surface area contributed by atoms with Crippen molar-refractivity contribution in [2.24, 2.45) is 28.6 Å². The first kappa shape index (κ1) is 29.5. The van der Waals surface area contributed by atoms with Crippen LogP contribution in [-0.2, 0) is 14.3 Å². The molecule has 1 saturated heterocycles. The molecule has 0 radical (unpaired) electrons. The summed E-state index contributed by atoms with van der Waals surface area (Å²) < 4.78 is 17.4. The van der Waals surface area contributed by atoms with Gasteiger partial charge in [0.1, 0.15) is 12.7 Å². The molecule has 6 rings (SSSR count). The van der Waals surface area contributed by atoms with Gasteiger partial charge in [0.25, 0.3) is 0 Å². The molecule has 1 aromatic rings. The molecule has 4 fully saturated rings. The number of likely N-dealkylation sites (tertiary alicyclic amines) is 1. The molecule has 228 valence electrons. The van der Waals surface area contributed by atoms with Crippen LogP contribution in [-0.4, -0.2) is 56.1 Å². The van der Waals surface area contributed by atoms with Crippen molar-refractivity contribution in [2.75, 3.05) is 33.4 Å². The van der Waals surface area contributed by atoms with Gasteiger partial charge in [-0.1, -0.05) is 38.0 Å². The molecule has 0 bridgehead atoms. The standard InChI is InChI=1S/C36H49NO5/c1-24(38)42-28-12-14-35(2)27(23-28)9-10-29-30(35)13-15-36(3)31(29)22-26(34(36)39)20-25-8-11-32(33(21-25)40-4)41-19-18-37-16-6-5-7-17-37/h8-9,11,20-21,28-31H,5-7,10,12-19,22-23H2,1-4H3/b26-20+/t28-,29?,30?,31?,35-,36-/m0/s1. The van der Waals surface area contributed by atoms with Crippen molar-refractivity contribution in [3.8, 4) is 11.5 Å². The van der Waals surface area contributed by atoms with Gasteiger partial charge >= 0.3 is 5.97 Å². The molecule has 1 heterocycles. The predicted molar refractivity (Wildman–Crippen MR) is 164 cm³/mol. The summed E-state index contributed by atoms with van der Waals surface area (Å²) in [6.45, 7) is 10.1. The van der Waals surface area contributed by atoms with Crippen molar-refractivity contribution in [3.63, 3.8) is 0 Å². The van der Waals surface area contributed by atoms with Crippen LogP contribution in [0.2, 0.25) is 0 Å². The van der Waals surface area contributed by atoms with Gasteiger partial charge in [0.05, 0.1) is 7.11 Å². The monoisotopic (exact) mass is 575 g/mol. The largest absolute Gasteiger partial charge is 0.493 e. The van der Waals surface area contributed by atoms with Crippen molar-refractivity contribution < 1.29 is 23.8 Å². The molecule has 5 aliphatic rings. The van der Waals surface area contributed by atoms with Gasteiger partial charge in [-0.15, -0.1) is 0 Å². The molecule has 3 saturated carbocycles. The zero-order chi connectivity index (χ0) is 29.5. The predicted octanol–water partition coefficient (Wildman–Crippen LogP) is 7.02. The minimum atomic E-state index is -0.286.